The molecule has 0 saturated carbocycles. The molecular formula is C8H7Cl2. The Balaban J connectivity index is 3.04. The number of hydrogen-bond donors (Lipinski definition) is 0. The van der Waals surface area contributed by atoms with Crippen LogP contribution in [0.1, 0.15) is 5.56 Å². The maximum Gasteiger partial charge on any atom is 0.0595 e. The first-order valence-corrected chi connectivity index (χ1v) is 3.73. The van der Waals surface area contributed by atoms with E-state index in [1.54, 1.807) is 6.07 Å². The molecule has 0 unspecified atom stereocenters. The van der Waals surface area contributed by atoms with E-state index in [1.807, 2.05) is 12.1 Å². The summed E-state index contributed by atoms with van der Waals surface area (Å²) >= 11 is 11.4. The fraction of sp³-hybridized carbons (Fsp3) is 0.125. The molecule has 10 heavy (non-hydrogen) atoms. The van der Waals surface area contributed by atoms with Crippen molar-refractivity contribution in [3.8, 4) is 0 Å². The lowest BCUT2D eigenvalue weighted by molar-refractivity contribution is 1.27. The molecule has 1 aromatic rings. The van der Waals surface area contributed by atoms with E-state index in [-0.39, 0.29) is 0 Å². The zero-order chi connectivity index (χ0) is 7.56. The maximum absolute atomic E-state index is 5.73. The predicted octanol–water partition coefficient (Wildman–Crippen LogP) is 3.37. The third-order valence-electron chi connectivity index (χ3n) is 1.27. The lowest BCUT2D eigenvalue weighted by Gasteiger charge is -1.97. The molecule has 0 aliphatic carbocycles. The van der Waals surface area contributed by atoms with Crippen LogP contribution in [0, 0.1) is 6.92 Å². The smallest absolute Gasteiger partial charge is 0.0595 e. The average Bonchev–Trinajstić information content (AvgIpc) is 1.95. The Hall–Kier alpha value is -0.200. The molecule has 0 spiro atoms. The monoisotopic (exact) mass is 173 g/mol. The zero-order valence-electron chi connectivity index (χ0n) is 5.40. The van der Waals surface area contributed by atoms with Crippen LogP contribution in [0.3, 0.4) is 0 Å². The van der Waals surface area contributed by atoms with Crippen molar-refractivity contribution in [1.82, 2.24) is 0 Å². The highest BCUT2D eigenvalue weighted by atomic mass is 35.5. The first-order valence-electron chi connectivity index (χ1n) is 2.97. The normalized spacial score (nSPS) is 9.90. The molecule has 1 aromatic carbocycles. The van der Waals surface area contributed by atoms with Crippen molar-refractivity contribution < 1.29 is 0 Å². The topological polar surface area (TPSA) is 0 Å². The van der Waals surface area contributed by atoms with Crippen molar-refractivity contribution in [2.75, 3.05) is 0 Å². The second-order valence-corrected chi connectivity index (χ2v) is 2.81. The van der Waals surface area contributed by atoms with E-state index < -0.39 is 0 Å². The third-order valence-corrected chi connectivity index (χ3v) is 2.01. The molecule has 0 heterocycles. The predicted molar refractivity (Wildman–Crippen MR) is 45.5 cm³/mol. The summed E-state index contributed by atoms with van der Waals surface area (Å²) in [6.45, 7) is 3.72. The van der Waals surface area contributed by atoms with Crippen LogP contribution in [0.5, 0.6) is 0 Å². The fourth-order valence-corrected chi connectivity index (χ4v) is 1.02. The van der Waals surface area contributed by atoms with E-state index in [2.05, 4.69) is 6.92 Å². The molecule has 0 atom stereocenters. The number of halogens is 2. The van der Waals surface area contributed by atoms with E-state index in [1.165, 1.54) is 0 Å². The van der Waals surface area contributed by atoms with E-state index in [0.717, 1.165) is 12.0 Å². The summed E-state index contributed by atoms with van der Waals surface area (Å²) in [5.41, 5.74) is 1.11. The summed E-state index contributed by atoms with van der Waals surface area (Å²) in [4.78, 5) is 0. The van der Waals surface area contributed by atoms with Gasteiger partial charge in [-0.1, -0.05) is 29.3 Å². The van der Waals surface area contributed by atoms with E-state index in [4.69, 9.17) is 23.2 Å². The number of rotatable bonds is 1. The van der Waals surface area contributed by atoms with Gasteiger partial charge in [-0.3, -0.25) is 0 Å². The molecule has 1 rings (SSSR count). The highest BCUT2D eigenvalue weighted by Crippen LogP contribution is 2.22. The van der Waals surface area contributed by atoms with E-state index in [9.17, 15) is 0 Å². The molecule has 0 aliphatic heterocycles. The summed E-state index contributed by atoms with van der Waals surface area (Å²) in [7, 11) is 0. The molecule has 0 amide bonds. The molecule has 0 saturated heterocycles. The first-order chi connectivity index (χ1) is 4.74. The largest absolute Gasteiger partial charge is 0.0827 e. The standard InChI is InChI=1S/C8H7Cl2/c1-2-6-3-4-7(9)8(10)5-6/h3-5H,1-2H2. The molecule has 0 fully saturated rings. The minimum atomic E-state index is 0.596. The Morgan fingerprint density at radius 3 is 2.40 bits per heavy atom. The van der Waals surface area contributed by atoms with Crippen LogP contribution in [0.2, 0.25) is 10.0 Å². The quantitative estimate of drug-likeness (QED) is 0.612. The summed E-state index contributed by atoms with van der Waals surface area (Å²) < 4.78 is 0. The minimum absolute atomic E-state index is 0.596. The zero-order valence-corrected chi connectivity index (χ0v) is 6.91. The van der Waals surface area contributed by atoms with Crippen molar-refractivity contribution in [3.05, 3.63) is 40.7 Å². The van der Waals surface area contributed by atoms with Crippen molar-refractivity contribution in [1.29, 1.82) is 0 Å². The van der Waals surface area contributed by atoms with Crippen molar-refractivity contribution in [3.63, 3.8) is 0 Å². The summed E-state index contributed by atoms with van der Waals surface area (Å²) in [5, 5.41) is 1.20. The Morgan fingerprint density at radius 2 is 1.90 bits per heavy atom. The van der Waals surface area contributed by atoms with Crippen LogP contribution in [-0.4, -0.2) is 0 Å². The van der Waals surface area contributed by atoms with Crippen LogP contribution >= 0.6 is 23.2 Å². The lowest BCUT2D eigenvalue weighted by atomic mass is 10.2. The molecular weight excluding hydrogens is 167 g/mol. The van der Waals surface area contributed by atoms with Crippen molar-refractivity contribution >= 4 is 23.2 Å². The molecule has 0 nitrogen and oxygen atoms in total. The lowest BCUT2D eigenvalue weighted by Crippen LogP contribution is -1.78. The molecule has 1 radical (unpaired) electrons. The molecule has 0 N–H and O–H groups in total. The van der Waals surface area contributed by atoms with Gasteiger partial charge in [0.1, 0.15) is 0 Å². The Labute approximate surface area is 70.8 Å². The molecule has 2 heteroatoms. The van der Waals surface area contributed by atoms with Crippen molar-refractivity contribution in [2.24, 2.45) is 0 Å². The molecule has 0 aromatic heterocycles. The fourth-order valence-electron chi connectivity index (χ4n) is 0.695. The van der Waals surface area contributed by atoms with Gasteiger partial charge in [-0.05, 0) is 31.0 Å². The maximum atomic E-state index is 5.73. The van der Waals surface area contributed by atoms with Gasteiger partial charge < -0.3 is 0 Å². The second-order valence-electron chi connectivity index (χ2n) is 2.00. The van der Waals surface area contributed by atoms with Gasteiger partial charge in [0.2, 0.25) is 0 Å². The average molecular weight is 174 g/mol. The van der Waals surface area contributed by atoms with Crippen LogP contribution < -0.4 is 0 Å². The van der Waals surface area contributed by atoms with E-state index >= 15 is 0 Å². The Bertz CT molecular complexity index is 231. The number of hydrogen-bond acceptors (Lipinski definition) is 0. The second kappa shape index (κ2) is 3.27. The van der Waals surface area contributed by atoms with Gasteiger partial charge in [0, 0.05) is 0 Å². The van der Waals surface area contributed by atoms with Crippen LogP contribution in [0.15, 0.2) is 18.2 Å². The van der Waals surface area contributed by atoms with Gasteiger partial charge in [0.15, 0.2) is 0 Å². The third kappa shape index (κ3) is 1.65. The van der Waals surface area contributed by atoms with Gasteiger partial charge in [-0.15, -0.1) is 0 Å². The van der Waals surface area contributed by atoms with Crippen LogP contribution in [-0.2, 0) is 6.42 Å². The van der Waals surface area contributed by atoms with E-state index in [0.29, 0.717) is 10.0 Å². The van der Waals surface area contributed by atoms with Crippen molar-refractivity contribution in [2.45, 2.75) is 6.42 Å². The minimum Gasteiger partial charge on any atom is -0.0827 e. The molecule has 0 aliphatic rings. The van der Waals surface area contributed by atoms with Gasteiger partial charge >= 0.3 is 0 Å². The first kappa shape index (κ1) is 7.90. The van der Waals surface area contributed by atoms with Crippen LogP contribution in [0.4, 0.5) is 0 Å². The van der Waals surface area contributed by atoms with Gasteiger partial charge in [-0.2, -0.15) is 0 Å². The molecule has 53 valence electrons. The summed E-state index contributed by atoms with van der Waals surface area (Å²) in [6.07, 6.45) is 0.747. The SMILES string of the molecule is [CH2]Cc1ccc(Cl)c(Cl)c1. The van der Waals surface area contributed by atoms with Gasteiger partial charge in [-0.25, -0.2) is 0 Å². The Kier molecular flexibility index (Phi) is 2.58. The highest BCUT2D eigenvalue weighted by molar-refractivity contribution is 6.41. The summed E-state index contributed by atoms with van der Waals surface area (Å²) in [6, 6.07) is 5.53. The highest BCUT2D eigenvalue weighted by Gasteiger charge is 1.96. The van der Waals surface area contributed by atoms with Gasteiger partial charge in [0.05, 0.1) is 10.0 Å². The summed E-state index contributed by atoms with van der Waals surface area (Å²) in [5.74, 6) is 0. The van der Waals surface area contributed by atoms with Gasteiger partial charge in [0.25, 0.3) is 0 Å². The molecule has 0 bridgehead atoms. The van der Waals surface area contributed by atoms with Crippen LogP contribution in [0.25, 0.3) is 0 Å². The number of benzene rings is 1. The Morgan fingerprint density at radius 1 is 1.20 bits per heavy atom.